The summed E-state index contributed by atoms with van der Waals surface area (Å²) in [7, 11) is 3.12. The Balaban J connectivity index is 1.30. The third-order valence-corrected chi connectivity index (χ3v) is 10.2. The van der Waals surface area contributed by atoms with Gasteiger partial charge in [-0.3, -0.25) is 24.3 Å². The van der Waals surface area contributed by atoms with Crippen molar-refractivity contribution < 1.29 is 19.4 Å². The van der Waals surface area contributed by atoms with Crippen molar-refractivity contribution in [2.75, 3.05) is 13.7 Å². The highest BCUT2D eigenvalue weighted by atomic mass is 35.5. The lowest BCUT2D eigenvalue weighted by atomic mass is 9.97. The van der Waals surface area contributed by atoms with Gasteiger partial charge in [0.25, 0.3) is 5.56 Å². The van der Waals surface area contributed by atoms with E-state index in [0.29, 0.717) is 90.9 Å². The molecule has 0 spiro atoms. The molecule has 1 saturated heterocycles. The van der Waals surface area contributed by atoms with Crippen molar-refractivity contribution in [1.29, 1.82) is 0 Å². The Hall–Kier alpha value is -4.46. The smallest absolute Gasteiger partial charge is 0.323 e. The number of ether oxygens (including phenoxy) is 1. The number of nitrogens with one attached hydrogen (secondary N) is 3. The average molecular weight is 753 g/mol. The van der Waals surface area contributed by atoms with Crippen LogP contribution in [0.5, 0.6) is 5.88 Å². The monoisotopic (exact) mass is 751 g/mol. The lowest BCUT2D eigenvalue weighted by molar-refractivity contribution is -0.143. The molecule has 2 aromatic carbocycles. The molecule has 1 amide bonds. The van der Waals surface area contributed by atoms with Gasteiger partial charge in [0.05, 0.1) is 34.4 Å². The van der Waals surface area contributed by atoms with Crippen LogP contribution >= 0.6 is 34.8 Å². The molecule has 51 heavy (non-hydrogen) atoms. The van der Waals surface area contributed by atoms with Crippen molar-refractivity contribution in [3.63, 3.8) is 0 Å². The number of hydrogen-bond donors (Lipinski definition) is 4. The molecule has 4 N–H and O–H groups in total. The Kier molecular flexibility index (Phi) is 10.4. The minimum absolute atomic E-state index is 0.0575. The Morgan fingerprint density at radius 2 is 1.71 bits per heavy atom. The zero-order valence-corrected chi connectivity index (χ0v) is 30.6. The number of aromatic nitrogens is 4. The molecule has 1 aliphatic heterocycles. The summed E-state index contributed by atoms with van der Waals surface area (Å²) in [4.78, 5) is 41.2. The van der Waals surface area contributed by atoms with Gasteiger partial charge in [-0.15, -0.1) is 0 Å². The van der Waals surface area contributed by atoms with Crippen molar-refractivity contribution in [2.45, 2.75) is 51.4 Å². The highest BCUT2D eigenvalue weighted by Gasteiger charge is 2.27. The summed E-state index contributed by atoms with van der Waals surface area (Å²) < 4.78 is 8.50. The fraction of sp³-hybridized carbons (Fsp3) is 0.306. The van der Waals surface area contributed by atoms with E-state index in [-0.39, 0.29) is 24.1 Å². The zero-order chi connectivity index (χ0) is 36.6. The van der Waals surface area contributed by atoms with E-state index in [2.05, 4.69) is 21.0 Å². The number of methoxy groups -OCH3 is 1. The van der Waals surface area contributed by atoms with Crippen LogP contribution in [0, 0.1) is 0 Å². The molecule has 1 aliphatic rings. The van der Waals surface area contributed by atoms with Gasteiger partial charge in [-0.1, -0.05) is 71.2 Å². The molecule has 0 bridgehead atoms. The molecule has 0 radical (unpaired) electrons. The first kappa shape index (κ1) is 36.3. The summed E-state index contributed by atoms with van der Waals surface area (Å²) in [6.45, 7) is 4.13. The Morgan fingerprint density at radius 3 is 2.35 bits per heavy atom. The zero-order valence-electron chi connectivity index (χ0n) is 28.3. The van der Waals surface area contributed by atoms with Crippen LogP contribution in [0.3, 0.4) is 0 Å². The molecule has 0 saturated carbocycles. The molecule has 266 valence electrons. The number of carboxylic acid groups (broad SMARTS) is 1. The number of carbonyl (C=O) groups is 2. The van der Waals surface area contributed by atoms with E-state index in [0.717, 1.165) is 6.42 Å². The van der Waals surface area contributed by atoms with Gasteiger partial charge in [-0.05, 0) is 32.4 Å². The van der Waals surface area contributed by atoms with E-state index in [1.165, 1.54) is 30.0 Å². The van der Waals surface area contributed by atoms with Gasteiger partial charge in [0.1, 0.15) is 16.9 Å². The number of carboxylic acids is 1. The number of amides is 1. The van der Waals surface area contributed by atoms with Crippen LogP contribution in [0.1, 0.15) is 38.1 Å². The van der Waals surface area contributed by atoms with E-state index in [9.17, 15) is 19.5 Å². The van der Waals surface area contributed by atoms with Gasteiger partial charge < -0.3 is 20.5 Å². The molecular formula is C36H36Cl3N7O5. The second-order valence-electron chi connectivity index (χ2n) is 12.9. The van der Waals surface area contributed by atoms with Crippen LogP contribution in [0.25, 0.3) is 39.0 Å². The van der Waals surface area contributed by atoms with Crippen LogP contribution in [-0.2, 0) is 29.7 Å². The normalized spacial score (nSPS) is 14.6. The van der Waals surface area contributed by atoms with Crippen LogP contribution in [-0.4, -0.2) is 61.4 Å². The molecule has 1 fully saturated rings. The van der Waals surface area contributed by atoms with Gasteiger partial charge in [-0.2, -0.15) is 5.10 Å². The van der Waals surface area contributed by atoms with Gasteiger partial charge in [0.15, 0.2) is 0 Å². The molecule has 1 unspecified atom stereocenters. The van der Waals surface area contributed by atoms with E-state index >= 15 is 0 Å². The number of fused-ring (bicyclic) bond motifs is 1. The number of carbonyl (C=O) groups excluding carboxylic acids is 1. The largest absolute Gasteiger partial charge is 0.481 e. The van der Waals surface area contributed by atoms with Crippen molar-refractivity contribution in [1.82, 2.24) is 35.1 Å². The van der Waals surface area contributed by atoms with Crippen molar-refractivity contribution >= 4 is 52.2 Å². The van der Waals surface area contributed by atoms with E-state index in [1.54, 1.807) is 25.4 Å². The number of nitrogens with zero attached hydrogens (tertiary/aromatic N) is 4. The molecule has 4 heterocycles. The van der Waals surface area contributed by atoms with E-state index in [1.807, 2.05) is 36.4 Å². The quantitative estimate of drug-likeness (QED) is 0.126. The summed E-state index contributed by atoms with van der Waals surface area (Å²) in [5.74, 6) is -0.248. The predicted octanol–water partition coefficient (Wildman–Crippen LogP) is 5.72. The van der Waals surface area contributed by atoms with Crippen LogP contribution in [0.2, 0.25) is 15.1 Å². The van der Waals surface area contributed by atoms with Crippen molar-refractivity contribution in [3.8, 4) is 39.4 Å². The van der Waals surface area contributed by atoms with Crippen molar-refractivity contribution in [2.24, 2.45) is 7.05 Å². The standard InChI is InChI=1S/C36H36Cl3N7O5/c1-36(2,35(49)50)41-17-29-44-46-18-19(13-28(46)34(48)45(29)3)21-7-5-8-22(31(21)38)23-9-6-10-24(32(23)39)27-14-26(37)25(33(43-27)51-4)16-40-15-20-11-12-30(47)42-20/h5-10,13-14,18,20,40-41H,11-12,15-17H2,1-4H3,(H,42,47)(H,49,50). The fourth-order valence-electron chi connectivity index (χ4n) is 5.94. The lowest BCUT2D eigenvalue weighted by Crippen LogP contribution is -2.47. The molecule has 1 atom stereocenters. The maximum Gasteiger partial charge on any atom is 0.323 e. The SMILES string of the molecule is COc1nc(-c2cccc(-c3cccc(-c4cc5c(=O)n(C)c(CNC(C)(C)C(=O)O)nn5c4)c3Cl)c2Cl)cc(Cl)c1CNCC1CCC(=O)N1. The van der Waals surface area contributed by atoms with Gasteiger partial charge in [0.2, 0.25) is 11.8 Å². The number of benzene rings is 2. The van der Waals surface area contributed by atoms with Crippen LogP contribution < -0.4 is 26.2 Å². The average Bonchev–Trinajstić information content (AvgIpc) is 3.72. The predicted molar refractivity (Wildman–Crippen MR) is 198 cm³/mol. The minimum Gasteiger partial charge on any atom is -0.481 e. The molecule has 12 nitrogen and oxygen atoms in total. The minimum atomic E-state index is -1.22. The Morgan fingerprint density at radius 1 is 1.04 bits per heavy atom. The van der Waals surface area contributed by atoms with E-state index in [4.69, 9.17) is 44.5 Å². The van der Waals surface area contributed by atoms with Crippen LogP contribution in [0.4, 0.5) is 0 Å². The van der Waals surface area contributed by atoms with E-state index < -0.39 is 11.5 Å². The molecular weight excluding hydrogens is 717 g/mol. The first-order valence-electron chi connectivity index (χ1n) is 16.2. The highest BCUT2D eigenvalue weighted by molar-refractivity contribution is 6.39. The third kappa shape index (κ3) is 7.33. The number of pyridine rings is 1. The summed E-state index contributed by atoms with van der Waals surface area (Å²) in [6, 6.07) is 14.7. The summed E-state index contributed by atoms with van der Waals surface area (Å²) in [5.41, 5.74) is 3.29. The maximum atomic E-state index is 13.3. The van der Waals surface area contributed by atoms with Crippen molar-refractivity contribution in [3.05, 3.63) is 91.5 Å². The summed E-state index contributed by atoms with van der Waals surface area (Å²) >= 11 is 20.9. The second kappa shape index (κ2) is 14.6. The maximum absolute atomic E-state index is 13.3. The third-order valence-electron chi connectivity index (χ3n) is 9.03. The molecule has 6 rings (SSSR count). The molecule has 0 aliphatic carbocycles. The number of rotatable bonds is 12. The molecule has 15 heteroatoms. The molecule has 5 aromatic rings. The molecule has 3 aromatic heterocycles. The Labute approximate surface area is 308 Å². The fourth-order valence-corrected chi connectivity index (χ4v) is 6.85. The van der Waals surface area contributed by atoms with Gasteiger partial charge >= 0.3 is 5.97 Å². The van der Waals surface area contributed by atoms with Gasteiger partial charge in [0, 0.05) is 72.2 Å². The first-order chi connectivity index (χ1) is 24.3. The Bertz CT molecular complexity index is 2230. The second-order valence-corrected chi connectivity index (χ2v) is 14.0. The number of halogens is 3. The lowest BCUT2D eigenvalue weighted by Gasteiger charge is -2.21. The van der Waals surface area contributed by atoms with Crippen LogP contribution in [0.15, 0.2) is 59.5 Å². The number of hydrogen-bond acceptors (Lipinski definition) is 8. The first-order valence-corrected chi connectivity index (χ1v) is 17.3. The summed E-state index contributed by atoms with van der Waals surface area (Å²) in [5, 5.41) is 24.5. The number of aliphatic carboxylic acids is 1. The topological polar surface area (TPSA) is 152 Å². The summed E-state index contributed by atoms with van der Waals surface area (Å²) in [6.07, 6.45) is 3.02. The highest BCUT2D eigenvalue weighted by Crippen LogP contribution is 2.43. The van der Waals surface area contributed by atoms with Gasteiger partial charge in [-0.25, -0.2) is 9.50 Å².